The van der Waals surface area contributed by atoms with Crippen molar-refractivity contribution < 1.29 is 32.3 Å². The maximum atomic E-state index is 13.4. The van der Waals surface area contributed by atoms with Crippen LogP contribution in [-0.4, -0.2) is 67.0 Å². The van der Waals surface area contributed by atoms with Gasteiger partial charge in [0.2, 0.25) is 0 Å². The lowest BCUT2D eigenvalue weighted by molar-refractivity contribution is -0.137. The van der Waals surface area contributed by atoms with E-state index in [1.807, 2.05) is 5.38 Å². The van der Waals surface area contributed by atoms with Gasteiger partial charge < -0.3 is 19.7 Å². The molecular weight excluding hydrogens is 652 g/mol. The zero-order valence-corrected chi connectivity index (χ0v) is 28.6. The van der Waals surface area contributed by atoms with Crippen molar-refractivity contribution in [2.75, 3.05) is 24.7 Å². The molecule has 1 atom stereocenters. The number of aryl methyl sites for hydroxylation is 2. The molecule has 4 heterocycles. The number of carbonyl (C=O) groups is 2. The number of carbonyl (C=O) groups excluding carboxylic acids is 1. The maximum Gasteiger partial charge on any atom is 0.416 e. The number of fused-ring (bicyclic) bond motifs is 1. The van der Waals surface area contributed by atoms with Crippen LogP contribution < -0.4 is 5.32 Å². The number of oxazole rings is 1. The van der Waals surface area contributed by atoms with Gasteiger partial charge in [-0.05, 0) is 32.0 Å². The summed E-state index contributed by atoms with van der Waals surface area (Å²) in [5.74, 6) is 0.428. The molecule has 2 N–H and O–H groups in total. The van der Waals surface area contributed by atoms with E-state index in [-0.39, 0.29) is 40.6 Å². The van der Waals surface area contributed by atoms with Crippen molar-refractivity contribution in [3.8, 4) is 11.3 Å². The van der Waals surface area contributed by atoms with Crippen LogP contribution in [-0.2, 0) is 6.18 Å². The number of nitrogens with one attached hydrogen (secondary N) is 1. The Labute approximate surface area is 281 Å². The van der Waals surface area contributed by atoms with Crippen LogP contribution in [0.3, 0.4) is 0 Å². The fourth-order valence-electron chi connectivity index (χ4n) is 5.42. The Morgan fingerprint density at radius 1 is 1.09 bits per heavy atom. The van der Waals surface area contributed by atoms with Gasteiger partial charge in [-0.1, -0.05) is 64.0 Å². The van der Waals surface area contributed by atoms with Crippen molar-refractivity contribution in [3.05, 3.63) is 64.4 Å². The number of benzene rings is 1. The van der Waals surface area contributed by atoms with Crippen molar-refractivity contribution in [1.82, 2.24) is 24.6 Å². The summed E-state index contributed by atoms with van der Waals surface area (Å²) in [6.45, 7) is 7.12. The number of thiazole rings is 1. The Hall–Kier alpha value is -3.36. The summed E-state index contributed by atoms with van der Waals surface area (Å²) in [5, 5.41) is 14.1. The molecule has 47 heavy (non-hydrogen) atoms. The Kier molecular flexibility index (Phi) is 13.3. The van der Waals surface area contributed by atoms with E-state index in [2.05, 4.69) is 22.2 Å². The van der Waals surface area contributed by atoms with E-state index in [9.17, 15) is 22.8 Å². The van der Waals surface area contributed by atoms with E-state index in [0.717, 1.165) is 35.8 Å². The molecule has 0 spiro atoms. The molecule has 0 bridgehead atoms. The molecule has 1 aromatic carbocycles. The molecule has 1 saturated heterocycles. The number of thioether (sulfide) groups is 1. The summed E-state index contributed by atoms with van der Waals surface area (Å²) in [4.78, 5) is 34.9. The first-order valence-electron chi connectivity index (χ1n) is 15.9. The SMILES string of the molecule is CCCCCCCCCCNC[C@@H]1CSCN1C(=O)c1nc(C)oc1-c1cccc(C(F)(F)F)c1.Cc1nc2sccn2c1C(=O)O. The number of rotatable bonds is 14. The fourth-order valence-corrected chi connectivity index (χ4v) is 7.38. The van der Waals surface area contributed by atoms with E-state index in [1.54, 1.807) is 41.1 Å². The minimum atomic E-state index is -4.48. The van der Waals surface area contributed by atoms with Crippen LogP contribution in [0, 0.1) is 13.8 Å². The van der Waals surface area contributed by atoms with Gasteiger partial charge in [-0.3, -0.25) is 9.20 Å². The van der Waals surface area contributed by atoms with Gasteiger partial charge in [-0.25, -0.2) is 14.8 Å². The fraction of sp³-hybridized carbons (Fsp3) is 0.515. The highest BCUT2D eigenvalue weighted by molar-refractivity contribution is 7.99. The number of amides is 1. The summed E-state index contributed by atoms with van der Waals surface area (Å²) >= 11 is 3.10. The largest absolute Gasteiger partial charge is 0.477 e. The molecule has 0 radical (unpaired) electrons. The Balaban J connectivity index is 0.000000345. The average molecular weight is 694 g/mol. The van der Waals surface area contributed by atoms with E-state index in [0.29, 0.717) is 18.1 Å². The van der Waals surface area contributed by atoms with Crippen LogP contribution in [0.2, 0.25) is 0 Å². The first-order valence-corrected chi connectivity index (χ1v) is 17.9. The van der Waals surface area contributed by atoms with E-state index in [1.165, 1.54) is 68.4 Å². The lowest BCUT2D eigenvalue weighted by atomic mass is 10.1. The predicted molar refractivity (Wildman–Crippen MR) is 179 cm³/mol. The molecule has 4 aromatic rings. The number of nitrogens with zero attached hydrogens (tertiary/aromatic N) is 4. The minimum absolute atomic E-state index is 0.00732. The molecule has 0 saturated carbocycles. The average Bonchev–Trinajstić information content (AvgIpc) is 3.82. The first kappa shape index (κ1) is 36.5. The third kappa shape index (κ3) is 9.83. The quantitative estimate of drug-likeness (QED) is 0.127. The maximum absolute atomic E-state index is 13.4. The van der Waals surface area contributed by atoms with Crippen LogP contribution in [0.25, 0.3) is 16.3 Å². The summed E-state index contributed by atoms with van der Waals surface area (Å²) in [7, 11) is 0. The Bertz CT molecular complexity index is 1620. The molecule has 5 rings (SSSR count). The number of halogens is 3. The third-order valence-corrected chi connectivity index (χ3v) is 9.69. The highest BCUT2D eigenvalue weighted by Crippen LogP contribution is 2.34. The number of hydrogen-bond acceptors (Lipinski definition) is 8. The van der Waals surface area contributed by atoms with Gasteiger partial charge in [-0.15, -0.1) is 23.1 Å². The lowest BCUT2D eigenvalue weighted by Crippen LogP contribution is -2.43. The van der Waals surface area contributed by atoms with Crippen molar-refractivity contribution in [3.63, 3.8) is 0 Å². The summed E-state index contributed by atoms with van der Waals surface area (Å²) in [6.07, 6.45) is 7.36. The van der Waals surface area contributed by atoms with Gasteiger partial charge in [0.1, 0.15) is 0 Å². The molecule has 14 heteroatoms. The van der Waals surface area contributed by atoms with Crippen LogP contribution in [0.4, 0.5) is 13.2 Å². The molecule has 1 aliphatic heterocycles. The smallest absolute Gasteiger partial charge is 0.416 e. The second kappa shape index (κ2) is 17.2. The van der Waals surface area contributed by atoms with Gasteiger partial charge in [0.25, 0.3) is 5.91 Å². The number of unbranched alkanes of at least 4 members (excludes halogenated alkanes) is 7. The monoisotopic (exact) mass is 693 g/mol. The highest BCUT2D eigenvalue weighted by atomic mass is 32.2. The third-order valence-electron chi connectivity index (χ3n) is 7.86. The molecular formula is C33H42F3N5O4S2. The molecule has 1 aliphatic rings. The van der Waals surface area contributed by atoms with Gasteiger partial charge >= 0.3 is 12.1 Å². The number of carboxylic acids is 1. The van der Waals surface area contributed by atoms with Crippen molar-refractivity contribution in [2.45, 2.75) is 84.4 Å². The van der Waals surface area contributed by atoms with Crippen molar-refractivity contribution in [1.29, 1.82) is 0 Å². The molecule has 9 nitrogen and oxygen atoms in total. The Morgan fingerprint density at radius 2 is 1.81 bits per heavy atom. The number of aromatic nitrogens is 3. The minimum Gasteiger partial charge on any atom is -0.477 e. The van der Waals surface area contributed by atoms with Gasteiger partial charge in [0, 0.05) is 36.4 Å². The first-order chi connectivity index (χ1) is 22.5. The number of aromatic carboxylic acids is 1. The van der Waals surface area contributed by atoms with Crippen LogP contribution in [0.5, 0.6) is 0 Å². The number of carboxylic acid groups (broad SMARTS) is 1. The number of imidazole rings is 1. The summed E-state index contributed by atoms with van der Waals surface area (Å²) in [6, 6.07) is 4.83. The lowest BCUT2D eigenvalue weighted by Gasteiger charge is -2.23. The highest BCUT2D eigenvalue weighted by Gasteiger charge is 2.35. The van der Waals surface area contributed by atoms with E-state index in [4.69, 9.17) is 9.52 Å². The van der Waals surface area contributed by atoms with E-state index >= 15 is 0 Å². The molecule has 0 unspecified atom stereocenters. The van der Waals surface area contributed by atoms with Crippen LogP contribution in [0.15, 0.2) is 40.3 Å². The summed E-state index contributed by atoms with van der Waals surface area (Å²) < 4.78 is 46.8. The topological polar surface area (TPSA) is 113 Å². The second-order valence-electron chi connectivity index (χ2n) is 11.5. The van der Waals surface area contributed by atoms with Gasteiger partial charge in [-0.2, -0.15) is 13.2 Å². The zero-order chi connectivity index (χ0) is 34.0. The van der Waals surface area contributed by atoms with Gasteiger partial charge in [0.15, 0.2) is 28.0 Å². The molecule has 0 aliphatic carbocycles. The van der Waals surface area contributed by atoms with Crippen molar-refractivity contribution >= 4 is 39.9 Å². The molecule has 1 fully saturated rings. The van der Waals surface area contributed by atoms with Crippen molar-refractivity contribution in [2.24, 2.45) is 0 Å². The summed E-state index contributed by atoms with van der Waals surface area (Å²) in [5.41, 5.74) is 0.292. The van der Waals surface area contributed by atoms with Crippen LogP contribution >= 0.6 is 23.1 Å². The van der Waals surface area contributed by atoms with E-state index < -0.39 is 17.7 Å². The number of alkyl halides is 3. The standard InChI is InChI=1S/C26H36F3N3O2S.C7H6N2O2S/c1-3-4-5-6-7-8-9-10-14-30-16-22-17-35-18-32(22)25(33)23-24(34-19(2)31-23)20-12-11-13-21(15-20)26(27,28)29;1-4-5(6(10)11)9-2-3-12-7(9)8-4/h11-13,15,22,30H,3-10,14,16-18H2,1-2H3;2-3H,1H3,(H,10,11)/t22-;/m1./s1. The van der Waals surface area contributed by atoms with Crippen LogP contribution in [0.1, 0.15) is 96.4 Å². The number of hydrogen-bond donors (Lipinski definition) is 2. The Morgan fingerprint density at radius 3 is 2.51 bits per heavy atom. The predicted octanol–water partition coefficient (Wildman–Crippen LogP) is 8.32. The van der Waals surface area contributed by atoms with Gasteiger partial charge in [0.05, 0.1) is 23.2 Å². The molecule has 3 aromatic heterocycles. The second-order valence-corrected chi connectivity index (χ2v) is 13.4. The zero-order valence-electron chi connectivity index (χ0n) is 26.9. The molecule has 256 valence electrons. The normalized spacial score (nSPS) is 14.9. The molecule has 1 amide bonds.